The van der Waals surface area contributed by atoms with E-state index in [1.807, 2.05) is 6.07 Å². The second-order valence-corrected chi connectivity index (χ2v) is 4.60. The standard InChI is InChI=1S/C10H13Cl2NO/c1-13-4-2-7(3-5-13)9-6-8(11)10(12)14-9/h6-7H,2-5H2,1H3. The Hall–Kier alpha value is -0.180. The molecule has 1 fully saturated rings. The van der Waals surface area contributed by atoms with E-state index in [1.54, 1.807) is 0 Å². The van der Waals surface area contributed by atoms with Crippen LogP contribution >= 0.6 is 23.2 Å². The fourth-order valence-corrected chi connectivity index (χ4v) is 2.15. The molecule has 4 heteroatoms. The maximum absolute atomic E-state index is 5.84. The highest BCUT2D eigenvalue weighted by Crippen LogP contribution is 2.34. The summed E-state index contributed by atoms with van der Waals surface area (Å²) < 4.78 is 5.40. The summed E-state index contributed by atoms with van der Waals surface area (Å²) >= 11 is 11.6. The van der Waals surface area contributed by atoms with Crippen molar-refractivity contribution in [2.45, 2.75) is 18.8 Å². The number of piperidine rings is 1. The number of hydrogen-bond acceptors (Lipinski definition) is 2. The lowest BCUT2D eigenvalue weighted by molar-refractivity contribution is 0.241. The fraction of sp³-hybridized carbons (Fsp3) is 0.600. The molecule has 1 aliphatic heterocycles. The van der Waals surface area contributed by atoms with Crippen molar-refractivity contribution >= 4 is 23.2 Å². The molecule has 78 valence electrons. The smallest absolute Gasteiger partial charge is 0.212 e. The van der Waals surface area contributed by atoms with Crippen molar-refractivity contribution < 1.29 is 4.42 Å². The molecule has 0 saturated carbocycles. The van der Waals surface area contributed by atoms with Crippen molar-refractivity contribution in [3.05, 3.63) is 22.1 Å². The van der Waals surface area contributed by atoms with Crippen molar-refractivity contribution in [2.24, 2.45) is 0 Å². The highest BCUT2D eigenvalue weighted by atomic mass is 35.5. The number of likely N-dealkylation sites (tertiary alicyclic amines) is 1. The summed E-state index contributed by atoms with van der Waals surface area (Å²) in [5.74, 6) is 1.42. The van der Waals surface area contributed by atoms with E-state index in [4.69, 9.17) is 27.6 Å². The SMILES string of the molecule is CN1CCC(c2cc(Cl)c(Cl)o2)CC1. The van der Waals surface area contributed by atoms with Gasteiger partial charge in [-0.25, -0.2) is 0 Å². The fourth-order valence-electron chi connectivity index (χ4n) is 1.86. The van der Waals surface area contributed by atoms with Gasteiger partial charge in [-0.05, 0) is 44.6 Å². The predicted molar refractivity (Wildman–Crippen MR) is 58.2 cm³/mol. The molecule has 0 spiro atoms. The zero-order valence-electron chi connectivity index (χ0n) is 8.09. The highest BCUT2D eigenvalue weighted by Gasteiger charge is 2.22. The topological polar surface area (TPSA) is 16.4 Å². The van der Waals surface area contributed by atoms with Crippen molar-refractivity contribution in [3.8, 4) is 0 Å². The molecule has 0 bridgehead atoms. The summed E-state index contributed by atoms with van der Waals surface area (Å²) in [4.78, 5) is 2.32. The first-order valence-electron chi connectivity index (χ1n) is 4.80. The van der Waals surface area contributed by atoms with Gasteiger partial charge in [-0.1, -0.05) is 11.6 Å². The lowest BCUT2D eigenvalue weighted by atomic mass is 9.95. The molecule has 1 aliphatic rings. The second kappa shape index (κ2) is 4.13. The molecule has 0 radical (unpaired) electrons. The third-order valence-electron chi connectivity index (χ3n) is 2.79. The van der Waals surface area contributed by atoms with Crippen molar-refractivity contribution in [2.75, 3.05) is 20.1 Å². The molecule has 0 unspecified atom stereocenters. The largest absolute Gasteiger partial charge is 0.448 e. The van der Waals surface area contributed by atoms with Crippen LogP contribution in [0.4, 0.5) is 0 Å². The normalized spacial score (nSPS) is 20.2. The second-order valence-electron chi connectivity index (χ2n) is 3.85. The zero-order chi connectivity index (χ0) is 10.1. The van der Waals surface area contributed by atoms with Crippen LogP contribution in [0.2, 0.25) is 10.2 Å². The maximum atomic E-state index is 5.84. The summed E-state index contributed by atoms with van der Waals surface area (Å²) in [5, 5.41) is 0.848. The van der Waals surface area contributed by atoms with Crippen LogP contribution in [-0.4, -0.2) is 25.0 Å². The van der Waals surface area contributed by atoms with Gasteiger partial charge in [0, 0.05) is 12.0 Å². The summed E-state index contributed by atoms with van der Waals surface area (Å²) in [6, 6.07) is 1.85. The van der Waals surface area contributed by atoms with Crippen LogP contribution in [0.1, 0.15) is 24.5 Å². The molecule has 0 aromatic carbocycles. The number of halogens is 2. The average molecular weight is 234 g/mol. The summed E-state index contributed by atoms with van der Waals surface area (Å²) in [7, 11) is 2.14. The van der Waals surface area contributed by atoms with Crippen LogP contribution in [-0.2, 0) is 0 Å². The van der Waals surface area contributed by atoms with E-state index >= 15 is 0 Å². The van der Waals surface area contributed by atoms with Crippen molar-refractivity contribution in [1.29, 1.82) is 0 Å². The Morgan fingerprint density at radius 3 is 2.50 bits per heavy atom. The minimum atomic E-state index is 0.320. The van der Waals surface area contributed by atoms with Gasteiger partial charge in [0.1, 0.15) is 5.76 Å². The molecule has 2 rings (SSSR count). The molecule has 2 heterocycles. The summed E-state index contributed by atoms with van der Waals surface area (Å²) in [6.07, 6.45) is 2.24. The van der Waals surface area contributed by atoms with E-state index in [1.165, 1.54) is 0 Å². The molecular weight excluding hydrogens is 221 g/mol. The first kappa shape index (κ1) is 10.3. The van der Waals surface area contributed by atoms with E-state index in [2.05, 4.69) is 11.9 Å². The quantitative estimate of drug-likeness (QED) is 0.740. The molecule has 0 aliphatic carbocycles. The van der Waals surface area contributed by atoms with Gasteiger partial charge >= 0.3 is 0 Å². The van der Waals surface area contributed by atoms with Gasteiger partial charge in [0.25, 0.3) is 0 Å². The van der Waals surface area contributed by atoms with Gasteiger partial charge in [-0.15, -0.1) is 0 Å². The van der Waals surface area contributed by atoms with Crippen LogP contribution in [0.3, 0.4) is 0 Å². The van der Waals surface area contributed by atoms with Gasteiger partial charge in [0.15, 0.2) is 0 Å². The van der Waals surface area contributed by atoms with Gasteiger partial charge in [-0.3, -0.25) is 0 Å². The van der Waals surface area contributed by atoms with E-state index in [0.717, 1.165) is 31.7 Å². The van der Waals surface area contributed by atoms with Gasteiger partial charge < -0.3 is 9.32 Å². The van der Waals surface area contributed by atoms with Gasteiger partial charge in [-0.2, -0.15) is 0 Å². The number of furan rings is 1. The molecule has 0 atom stereocenters. The Labute approximate surface area is 93.8 Å². The van der Waals surface area contributed by atoms with Crippen molar-refractivity contribution in [1.82, 2.24) is 4.90 Å². The monoisotopic (exact) mass is 233 g/mol. The molecule has 0 N–H and O–H groups in total. The molecule has 1 saturated heterocycles. The van der Waals surface area contributed by atoms with E-state index in [0.29, 0.717) is 16.2 Å². The summed E-state index contributed by atoms with van der Waals surface area (Å²) in [5.41, 5.74) is 0. The average Bonchev–Trinajstić information content (AvgIpc) is 2.48. The number of rotatable bonds is 1. The third-order valence-corrected chi connectivity index (χ3v) is 3.44. The minimum absolute atomic E-state index is 0.320. The Balaban J connectivity index is 2.08. The van der Waals surface area contributed by atoms with Crippen LogP contribution < -0.4 is 0 Å². The first-order chi connectivity index (χ1) is 6.66. The maximum Gasteiger partial charge on any atom is 0.212 e. The lowest BCUT2D eigenvalue weighted by Gasteiger charge is -2.27. The first-order valence-corrected chi connectivity index (χ1v) is 5.55. The molecule has 0 amide bonds. The van der Waals surface area contributed by atoms with Gasteiger partial charge in [0.2, 0.25) is 5.22 Å². The molecule has 1 aromatic heterocycles. The van der Waals surface area contributed by atoms with Crippen molar-refractivity contribution in [3.63, 3.8) is 0 Å². The number of nitrogens with zero attached hydrogens (tertiary/aromatic N) is 1. The lowest BCUT2D eigenvalue weighted by Crippen LogP contribution is -2.29. The Morgan fingerprint density at radius 1 is 1.36 bits per heavy atom. The molecule has 14 heavy (non-hydrogen) atoms. The van der Waals surface area contributed by atoms with E-state index in [9.17, 15) is 0 Å². The molecule has 1 aromatic rings. The highest BCUT2D eigenvalue weighted by molar-refractivity contribution is 6.40. The zero-order valence-corrected chi connectivity index (χ0v) is 9.61. The van der Waals surface area contributed by atoms with Gasteiger partial charge in [0.05, 0.1) is 5.02 Å². The van der Waals surface area contributed by atoms with Crippen LogP contribution in [0.15, 0.2) is 10.5 Å². The van der Waals surface area contributed by atoms with Crippen LogP contribution in [0, 0.1) is 0 Å². The number of hydrogen-bond donors (Lipinski definition) is 0. The Bertz CT molecular complexity index is 296. The third kappa shape index (κ3) is 2.08. The van der Waals surface area contributed by atoms with Crippen LogP contribution in [0.25, 0.3) is 0 Å². The minimum Gasteiger partial charge on any atom is -0.448 e. The predicted octanol–water partition coefficient (Wildman–Crippen LogP) is 3.40. The van der Waals surface area contributed by atoms with Crippen LogP contribution in [0.5, 0.6) is 0 Å². The Kier molecular flexibility index (Phi) is 3.05. The Morgan fingerprint density at radius 2 is 2.00 bits per heavy atom. The van der Waals surface area contributed by atoms with E-state index in [-0.39, 0.29) is 0 Å². The molecular formula is C10H13Cl2NO. The van der Waals surface area contributed by atoms with E-state index < -0.39 is 0 Å². The summed E-state index contributed by atoms with van der Waals surface area (Å²) in [6.45, 7) is 2.22. The molecule has 2 nitrogen and oxygen atoms in total.